The molecule has 0 unspecified atom stereocenters. The van der Waals surface area contributed by atoms with E-state index in [2.05, 4.69) is 11.9 Å². The molecule has 0 saturated heterocycles. The fourth-order valence-corrected chi connectivity index (χ4v) is 3.55. The molecule has 1 aliphatic rings. The topological polar surface area (TPSA) is 66.5 Å². The summed E-state index contributed by atoms with van der Waals surface area (Å²) in [4.78, 5) is 12.1. The van der Waals surface area contributed by atoms with Gasteiger partial charge in [0, 0.05) is 11.6 Å². The van der Waals surface area contributed by atoms with Crippen LogP contribution in [0.15, 0.2) is 36.9 Å². The number of carbonyl (C=O) groups excluding carboxylic acids is 1. The van der Waals surface area contributed by atoms with Crippen LogP contribution >= 0.6 is 0 Å². The van der Waals surface area contributed by atoms with Gasteiger partial charge in [0.15, 0.2) is 0 Å². The Labute approximate surface area is 132 Å². The lowest BCUT2D eigenvalue weighted by molar-refractivity contribution is 0.0938. The van der Waals surface area contributed by atoms with Crippen LogP contribution in [0.25, 0.3) is 0 Å². The molecule has 0 spiro atoms. The number of amides is 1. The summed E-state index contributed by atoms with van der Waals surface area (Å²) in [5.41, 5.74) is 1.07. The van der Waals surface area contributed by atoms with Gasteiger partial charge in [-0.1, -0.05) is 18.9 Å². The highest BCUT2D eigenvalue weighted by atomic mass is 32.2. The van der Waals surface area contributed by atoms with Gasteiger partial charge in [-0.15, -0.1) is 6.58 Å². The summed E-state index contributed by atoms with van der Waals surface area (Å²) >= 11 is 0. The molecule has 0 radical (unpaired) electrons. The number of anilines is 1. The fraction of sp³-hybridized carbons (Fsp3) is 0.438. The highest BCUT2D eigenvalue weighted by molar-refractivity contribution is 7.92. The van der Waals surface area contributed by atoms with Gasteiger partial charge in [0.05, 0.1) is 18.5 Å². The maximum absolute atomic E-state index is 12.1. The smallest absolute Gasteiger partial charge is 0.251 e. The number of benzene rings is 1. The minimum Gasteiger partial charge on any atom is -0.349 e. The molecule has 0 bridgehead atoms. The van der Waals surface area contributed by atoms with E-state index in [1.807, 2.05) is 0 Å². The molecule has 2 rings (SSSR count). The van der Waals surface area contributed by atoms with E-state index >= 15 is 0 Å². The zero-order valence-electron chi connectivity index (χ0n) is 12.8. The normalized spacial score (nSPS) is 15.5. The zero-order valence-corrected chi connectivity index (χ0v) is 13.6. The average molecular weight is 322 g/mol. The first-order chi connectivity index (χ1) is 10.4. The molecule has 22 heavy (non-hydrogen) atoms. The third-order valence-electron chi connectivity index (χ3n) is 3.80. The standard InChI is InChI=1S/C16H22N2O3S/c1-3-12-18(22(2,20)21)15-10-8-13(9-11-15)16(19)17-14-6-4-5-7-14/h3,8-11,14H,1,4-7,12H2,2H3,(H,17,19). The number of hydrogen-bond acceptors (Lipinski definition) is 3. The molecular weight excluding hydrogens is 300 g/mol. The minimum absolute atomic E-state index is 0.104. The SMILES string of the molecule is C=CCN(c1ccc(C(=O)NC2CCCC2)cc1)S(C)(=O)=O. The summed E-state index contributed by atoms with van der Waals surface area (Å²) in [7, 11) is -3.37. The van der Waals surface area contributed by atoms with Crippen LogP contribution in [-0.4, -0.2) is 33.2 Å². The van der Waals surface area contributed by atoms with Crippen LogP contribution < -0.4 is 9.62 Å². The van der Waals surface area contributed by atoms with E-state index in [4.69, 9.17) is 0 Å². The molecule has 1 aliphatic carbocycles. The molecule has 1 aromatic rings. The molecule has 0 aliphatic heterocycles. The zero-order chi connectivity index (χ0) is 16.2. The van der Waals surface area contributed by atoms with Crippen LogP contribution in [0, 0.1) is 0 Å². The second-order valence-corrected chi connectivity index (χ2v) is 7.49. The summed E-state index contributed by atoms with van der Waals surface area (Å²) < 4.78 is 24.8. The van der Waals surface area contributed by atoms with Crippen LogP contribution in [0.4, 0.5) is 5.69 Å². The van der Waals surface area contributed by atoms with Crippen molar-refractivity contribution in [2.75, 3.05) is 17.1 Å². The van der Waals surface area contributed by atoms with Gasteiger partial charge in [0.2, 0.25) is 10.0 Å². The monoisotopic (exact) mass is 322 g/mol. The number of sulfonamides is 1. The summed E-state index contributed by atoms with van der Waals surface area (Å²) in [5.74, 6) is -0.104. The number of hydrogen-bond donors (Lipinski definition) is 1. The highest BCUT2D eigenvalue weighted by Gasteiger charge is 2.19. The Morgan fingerprint density at radius 3 is 2.41 bits per heavy atom. The van der Waals surface area contributed by atoms with Crippen molar-refractivity contribution in [3.63, 3.8) is 0 Å². The number of carbonyl (C=O) groups is 1. The summed E-state index contributed by atoms with van der Waals surface area (Å²) in [6, 6.07) is 6.87. The molecule has 1 N–H and O–H groups in total. The lowest BCUT2D eigenvalue weighted by Gasteiger charge is -2.21. The number of nitrogens with zero attached hydrogens (tertiary/aromatic N) is 1. The van der Waals surface area contributed by atoms with Crippen molar-refractivity contribution in [1.82, 2.24) is 5.32 Å². The highest BCUT2D eigenvalue weighted by Crippen LogP contribution is 2.20. The molecule has 5 nitrogen and oxygen atoms in total. The lowest BCUT2D eigenvalue weighted by atomic mass is 10.1. The van der Waals surface area contributed by atoms with Crippen LogP contribution in [0.3, 0.4) is 0 Å². The molecule has 0 aromatic heterocycles. The van der Waals surface area contributed by atoms with Crippen molar-refractivity contribution >= 4 is 21.6 Å². The van der Waals surface area contributed by atoms with Gasteiger partial charge in [0.25, 0.3) is 5.91 Å². The minimum atomic E-state index is -3.37. The molecule has 1 aromatic carbocycles. The first-order valence-corrected chi connectivity index (χ1v) is 9.26. The van der Waals surface area contributed by atoms with E-state index in [0.717, 1.165) is 31.9 Å². The number of rotatable bonds is 6. The van der Waals surface area contributed by atoms with Crippen LogP contribution in [-0.2, 0) is 10.0 Å². The third-order valence-corrected chi connectivity index (χ3v) is 4.96. The van der Waals surface area contributed by atoms with Crippen LogP contribution in [0.2, 0.25) is 0 Å². The summed E-state index contributed by atoms with van der Waals surface area (Å²) in [5, 5.41) is 3.01. The average Bonchev–Trinajstić information content (AvgIpc) is 2.96. The first kappa shape index (κ1) is 16.5. The van der Waals surface area contributed by atoms with Gasteiger partial charge in [-0.25, -0.2) is 8.42 Å². The van der Waals surface area contributed by atoms with E-state index < -0.39 is 10.0 Å². The van der Waals surface area contributed by atoms with Crippen molar-refractivity contribution in [3.05, 3.63) is 42.5 Å². The predicted octanol–water partition coefficient (Wildman–Crippen LogP) is 2.31. The van der Waals surface area contributed by atoms with Crippen LogP contribution in [0.5, 0.6) is 0 Å². The van der Waals surface area contributed by atoms with Crippen LogP contribution in [0.1, 0.15) is 36.0 Å². The van der Waals surface area contributed by atoms with E-state index in [1.165, 1.54) is 10.4 Å². The Morgan fingerprint density at radius 1 is 1.32 bits per heavy atom. The van der Waals surface area contributed by atoms with Gasteiger partial charge in [0.1, 0.15) is 0 Å². The molecular formula is C16H22N2O3S. The van der Waals surface area contributed by atoms with Gasteiger partial charge >= 0.3 is 0 Å². The number of nitrogens with one attached hydrogen (secondary N) is 1. The summed E-state index contributed by atoms with van der Waals surface area (Å²) in [6.45, 7) is 3.77. The van der Waals surface area contributed by atoms with Crippen molar-refractivity contribution in [2.45, 2.75) is 31.7 Å². The molecule has 1 fully saturated rings. The lowest BCUT2D eigenvalue weighted by Crippen LogP contribution is -2.32. The molecule has 0 atom stereocenters. The Hall–Kier alpha value is -1.82. The molecule has 1 saturated carbocycles. The van der Waals surface area contributed by atoms with Gasteiger partial charge in [-0.05, 0) is 37.1 Å². The maximum atomic E-state index is 12.1. The van der Waals surface area contributed by atoms with Gasteiger partial charge < -0.3 is 5.32 Å². The second kappa shape index (κ2) is 6.96. The molecule has 1 amide bonds. The molecule has 6 heteroatoms. The fourth-order valence-electron chi connectivity index (χ4n) is 2.67. The maximum Gasteiger partial charge on any atom is 0.251 e. The quantitative estimate of drug-likeness (QED) is 0.817. The van der Waals surface area contributed by atoms with Crippen molar-refractivity contribution in [2.24, 2.45) is 0 Å². The Bertz CT molecular complexity index is 632. The van der Waals surface area contributed by atoms with E-state index in [0.29, 0.717) is 11.3 Å². The van der Waals surface area contributed by atoms with Crippen molar-refractivity contribution < 1.29 is 13.2 Å². The molecule has 0 heterocycles. The second-order valence-electron chi connectivity index (χ2n) is 5.58. The Morgan fingerprint density at radius 2 is 1.91 bits per heavy atom. The van der Waals surface area contributed by atoms with Crippen molar-refractivity contribution in [1.29, 1.82) is 0 Å². The third kappa shape index (κ3) is 4.10. The molecule has 120 valence electrons. The van der Waals surface area contributed by atoms with Gasteiger partial charge in [-0.3, -0.25) is 9.10 Å². The van der Waals surface area contributed by atoms with E-state index in [9.17, 15) is 13.2 Å². The largest absolute Gasteiger partial charge is 0.349 e. The van der Waals surface area contributed by atoms with Gasteiger partial charge in [-0.2, -0.15) is 0 Å². The first-order valence-electron chi connectivity index (χ1n) is 7.41. The van der Waals surface area contributed by atoms with Crippen molar-refractivity contribution in [3.8, 4) is 0 Å². The predicted molar refractivity (Wildman–Crippen MR) is 88.6 cm³/mol. The van der Waals surface area contributed by atoms with E-state index in [-0.39, 0.29) is 18.5 Å². The van der Waals surface area contributed by atoms with E-state index in [1.54, 1.807) is 24.3 Å². The Kier molecular flexibility index (Phi) is 5.24. The Balaban J connectivity index is 2.11. The summed E-state index contributed by atoms with van der Waals surface area (Å²) in [6.07, 6.45) is 7.07.